The van der Waals surface area contributed by atoms with Crippen LogP contribution < -0.4 is 10.6 Å². The highest BCUT2D eigenvalue weighted by atomic mass is 19.4. The zero-order chi connectivity index (χ0) is 14.9. The summed E-state index contributed by atoms with van der Waals surface area (Å²) in [5.74, 6) is 1.16. The molecule has 0 saturated heterocycles. The predicted octanol–water partition coefficient (Wildman–Crippen LogP) is 3.33. The SMILES string of the molecule is CC(C)(C)NCC1CC1CC(C)(C)NCC(F)(F)F. The summed E-state index contributed by atoms with van der Waals surface area (Å²) >= 11 is 0. The second-order valence-corrected chi connectivity index (χ2v) is 7.44. The van der Waals surface area contributed by atoms with Crippen LogP contribution >= 0.6 is 0 Å². The Morgan fingerprint density at radius 1 is 0.947 bits per heavy atom. The zero-order valence-electron chi connectivity index (χ0n) is 12.6. The number of hydrogen-bond donors (Lipinski definition) is 2. The van der Waals surface area contributed by atoms with Gasteiger partial charge < -0.3 is 10.6 Å². The average molecular weight is 280 g/mol. The van der Waals surface area contributed by atoms with Crippen molar-refractivity contribution in [2.75, 3.05) is 13.1 Å². The zero-order valence-corrected chi connectivity index (χ0v) is 12.6. The average Bonchev–Trinajstić information content (AvgIpc) is 2.88. The van der Waals surface area contributed by atoms with Crippen LogP contribution in [0.5, 0.6) is 0 Å². The lowest BCUT2D eigenvalue weighted by Crippen LogP contribution is -2.45. The molecule has 0 heterocycles. The summed E-state index contributed by atoms with van der Waals surface area (Å²) in [5.41, 5.74) is -0.339. The van der Waals surface area contributed by atoms with Crippen molar-refractivity contribution in [1.29, 1.82) is 0 Å². The fourth-order valence-electron chi connectivity index (χ4n) is 2.31. The first-order valence-electron chi connectivity index (χ1n) is 6.95. The van der Waals surface area contributed by atoms with E-state index in [1.54, 1.807) is 0 Å². The van der Waals surface area contributed by atoms with Crippen molar-refractivity contribution in [2.24, 2.45) is 11.8 Å². The molecule has 1 rings (SSSR count). The maximum Gasteiger partial charge on any atom is 0.401 e. The second kappa shape index (κ2) is 5.60. The van der Waals surface area contributed by atoms with Crippen molar-refractivity contribution >= 4 is 0 Å². The Bertz CT molecular complexity index is 292. The summed E-state index contributed by atoms with van der Waals surface area (Å²) in [6.07, 6.45) is -2.20. The monoisotopic (exact) mass is 280 g/mol. The van der Waals surface area contributed by atoms with Gasteiger partial charge >= 0.3 is 6.18 Å². The topological polar surface area (TPSA) is 24.1 Å². The third kappa shape index (κ3) is 7.78. The van der Waals surface area contributed by atoms with Gasteiger partial charge in [0.15, 0.2) is 0 Å². The van der Waals surface area contributed by atoms with Crippen LogP contribution in [0.15, 0.2) is 0 Å². The van der Waals surface area contributed by atoms with Crippen LogP contribution in [-0.4, -0.2) is 30.3 Å². The third-order valence-electron chi connectivity index (χ3n) is 3.50. The largest absolute Gasteiger partial charge is 0.401 e. The van der Waals surface area contributed by atoms with E-state index in [0.29, 0.717) is 11.8 Å². The van der Waals surface area contributed by atoms with Crippen LogP contribution in [0.1, 0.15) is 47.5 Å². The summed E-state index contributed by atoms with van der Waals surface area (Å²) in [4.78, 5) is 0. The van der Waals surface area contributed by atoms with Gasteiger partial charge in [-0.1, -0.05) is 0 Å². The molecule has 0 aromatic rings. The van der Waals surface area contributed by atoms with Crippen molar-refractivity contribution in [3.63, 3.8) is 0 Å². The highest BCUT2D eigenvalue weighted by molar-refractivity contribution is 4.95. The molecule has 0 amide bonds. The highest BCUT2D eigenvalue weighted by Crippen LogP contribution is 2.43. The molecule has 1 aliphatic carbocycles. The summed E-state index contributed by atoms with van der Waals surface area (Å²) in [6.45, 7) is 10.1. The number of halogens is 3. The first kappa shape index (κ1) is 16.8. The normalized spacial score (nSPS) is 24.6. The predicted molar refractivity (Wildman–Crippen MR) is 72.1 cm³/mol. The molecule has 2 nitrogen and oxygen atoms in total. The molecular formula is C14H27F3N2. The lowest BCUT2D eigenvalue weighted by Gasteiger charge is -2.27. The van der Waals surface area contributed by atoms with Crippen LogP contribution in [0.3, 0.4) is 0 Å². The van der Waals surface area contributed by atoms with E-state index >= 15 is 0 Å². The maximum absolute atomic E-state index is 12.2. The van der Waals surface area contributed by atoms with E-state index in [0.717, 1.165) is 19.4 Å². The molecule has 5 heteroatoms. The van der Waals surface area contributed by atoms with Crippen molar-refractivity contribution in [3.05, 3.63) is 0 Å². The van der Waals surface area contributed by atoms with E-state index < -0.39 is 18.3 Å². The Morgan fingerprint density at radius 2 is 1.53 bits per heavy atom. The van der Waals surface area contributed by atoms with Crippen molar-refractivity contribution in [3.8, 4) is 0 Å². The molecule has 0 aromatic heterocycles. The minimum Gasteiger partial charge on any atom is -0.312 e. The molecule has 19 heavy (non-hydrogen) atoms. The quantitative estimate of drug-likeness (QED) is 0.780. The molecule has 0 aliphatic heterocycles. The highest BCUT2D eigenvalue weighted by Gasteiger charge is 2.41. The Balaban J connectivity index is 2.25. The summed E-state index contributed by atoms with van der Waals surface area (Å²) in [5, 5.41) is 6.07. The smallest absolute Gasteiger partial charge is 0.312 e. The van der Waals surface area contributed by atoms with Crippen LogP contribution in [0.2, 0.25) is 0 Å². The molecular weight excluding hydrogens is 253 g/mol. The fourth-order valence-corrected chi connectivity index (χ4v) is 2.31. The second-order valence-electron chi connectivity index (χ2n) is 7.44. The minimum atomic E-state index is -4.13. The Hall–Kier alpha value is -0.290. The number of hydrogen-bond acceptors (Lipinski definition) is 2. The molecule has 114 valence electrons. The lowest BCUT2D eigenvalue weighted by atomic mass is 9.96. The van der Waals surface area contributed by atoms with Crippen molar-refractivity contribution in [1.82, 2.24) is 10.6 Å². The third-order valence-corrected chi connectivity index (χ3v) is 3.50. The van der Waals surface area contributed by atoms with E-state index in [1.165, 1.54) is 0 Å². The van der Waals surface area contributed by atoms with Gasteiger partial charge in [-0.05, 0) is 65.8 Å². The van der Waals surface area contributed by atoms with Crippen LogP contribution in [0, 0.1) is 11.8 Å². The van der Waals surface area contributed by atoms with Gasteiger partial charge in [0.2, 0.25) is 0 Å². The van der Waals surface area contributed by atoms with Gasteiger partial charge in [0.05, 0.1) is 6.54 Å². The van der Waals surface area contributed by atoms with E-state index in [-0.39, 0.29) is 5.54 Å². The first-order chi connectivity index (χ1) is 8.38. The van der Waals surface area contributed by atoms with Gasteiger partial charge in [-0.2, -0.15) is 13.2 Å². The maximum atomic E-state index is 12.2. The Kier molecular flexibility index (Phi) is 4.94. The molecule has 1 aliphatic rings. The molecule has 0 radical (unpaired) electrons. The molecule has 2 unspecified atom stereocenters. The Labute approximate surface area is 114 Å². The summed E-state index contributed by atoms with van der Waals surface area (Å²) in [7, 11) is 0. The van der Waals surface area contributed by atoms with Crippen molar-refractivity contribution in [2.45, 2.75) is 64.7 Å². The molecule has 0 spiro atoms. The van der Waals surface area contributed by atoms with Crippen molar-refractivity contribution < 1.29 is 13.2 Å². The fraction of sp³-hybridized carbons (Fsp3) is 1.00. The van der Waals surface area contributed by atoms with Gasteiger partial charge in [0.25, 0.3) is 0 Å². The molecule has 1 fully saturated rings. The van der Waals surface area contributed by atoms with E-state index in [4.69, 9.17) is 0 Å². The van der Waals surface area contributed by atoms with E-state index in [1.807, 2.05) is 13.8 Å². The van der Waals surface area contributed by atoms with Gasteiger partial charge in [-0.25, -0.2) is 0 Å². The van der Waals surface area contributed by atoms with Crippen LogP contribution in [-0.2, 0) is 0 Å². The molecule has 0 bridgehead atoms. The molecule has 0 aromatic carbocycles. The lowest BCUT2D eigenvalue weighted by molar-refractivity contribution is -0.128. The molecule has 1 saturated carbocycles. The Morgan fingerprint density at radius 3 is 2.00 bits per heavy atom. The van der Waals surface area contributed by atoms with Gasteiger partial charge in [0.1, 0.15) is 0 Å². The van der Waals surface area contributed by atoms with Gasteiger partial charge in [0, 0.05) is 11.1 Å². The molecule has 2 atom stereocenters. The molecule has 2 N–H and O–H groups in total. The standard InChI is InChI=1S/C14H27F3N2/c1-12(2,3)18-8-11-6-10(11)7-13(4,5)19-9-14(15,16)17/h10-11,18-19H,6-9H2,1-5H3. The van der Waals surface area contributed by atoms with Crippen LogP contribution in [0.25, 0.3) is 0 Å². The first-order valence-corrected chi connectivity index (χ1v) is 6.95. The minimum absolute atomic E-state index is 0.108. The number of rotatable bonds is 6. The summed E-state index contributed by atoms with van der Waals surface area (Å²) in [6, 6.07) is 0. The van der Waals surface area contributed by atoms with E-state index in [2.05, 4.69) is 31.4 Å². The van der Waals surface area contributed by atoms with Gasteiger partial charge in [-0.15, -0.1) is 0 Å². The van der Waals surface area contributed by atoms with Crippen LogP contribution in [0.4, 0.5) is 13.2 Å². The number of alkyl halides is 3. The summed E-state index contributed by atoms with van der Waals surface area (Å²) < 4.78 is 36.6. The van der Waals surface area contributed by atoms with E-state index in [9.17, 15) is 13.2 Å². The van der Waals surface area contributed by atoms with Gasteiger partial charge in [-0.3, -0.25) is 0 Å². The number of nitrogens with one attached hydrogen (secondary N) is 2.